The van der Waals surface area contributed by atoms with Gasteiger partial charge in [-0.25, -0.2) is 0 Å². The van der Waals surface area contributed by atoms with E-state index in [1.807, 2.05) is 0 Å². The van der Waals surface area contributed by atoms with Gasteiger partial charge >= 0.3 is 0 Å². The molecular weight excluding hydrogens is 210 g/mol. The third-order valence-electron chi connectivity index (χ3n) is 2.41. The zero-order valence-electron chi connectivity index (χ0n) is 8.74. The second-order valence-electron chi connectivity index (χ2n) is 3.85. The number of hydrogen-bond acceptors (Lipinski definition) is 5. The fraction of sp³-hybridized carbons (Fsp3) is 0.455. The van der Waals surface area contributed by atoms with Crippen molar-refractivity contribution in [2.24, 2.45) is 0 Å². The largest absolute Gasteiger partial charge is 0.462 e. The van der Waals surface area contributed by atoms with E-state index >= 15 is 0 Å². The predicted octanol–water partition coefficient (Wildman–Crippen LogP) is 0.116. The predicted molar refractivity (Wildman–Crippen MR) is 57.9 cm³/mol. The van der Waals surface area contributed by atoms with Crippen LogP contribution in [0, 0.1) is 0 Å². The molecule has 2 rings (SSSR count). The summed E-state index contributed by atoms with van der Waals surface area (Å²) in [6.07, 6.45) is -1.91. The van der Waals surface area contributed by atoms with Crippen LogP contribution < -0.4 is 10.5 Å². The summed E-state index contributed by atoms with van der Waals surface area (Å²) in [6, 6.07) is 6.83. The highest BCUT2D eigenvalue weighted by atomic mass is 16.7. The molecule has 1 aliphatic heterocycles. The van der Waals surface area contributed by atoms with Crippen LogP contribution in [0.1, 0.15) is 6.42 Å². The monoisotopic (exact) mass is 225 g/mol. The van der Waals surface area contributed by atoms with Gasteiger partial charge < -0.3 is 25.4 Å². The summed E-state index contributed by atoms with van der Waals surface area (Å²) in [6.45, 7) is 0.177. The molecule has 1 heterocycles. The zero-order chi connectivity index (χ0) is 11.5. The van der Waals surface area contributed by atoms with Gasteiger partial charge in [-0.2, -0.15) is 0 Å². The average molecular weight is 225 g/mol. The average Bonchev–Trinajstić information content (AvgIpc) is 2.25. The Morgan fingerprint density at radius 3 is 2.56 bits per heavy atom. The highest BCUT2D eigenvalue weighted by Crippen LogP contribution is 2.20. The minimum absolute atomic E-state index is 0.177. The highest BCUT2D eigenvalue weighted by Gasteiger charge is 2.30. The third-order valence-corrected chi connectivity index (χ3v) is 2.41. The van der Waals surface area contributed by atoms with E-state index in [1.165, 1.54) is 0 Å². The first kappa shape index (κ1) is 11.2. The lowest BCUT2D eigenvalue weighted by atomic mass is 10.1. The Morgan fingerprint density at radius 1 is 1.25 bits per heavy atom. The van der Waals surface area contributed by atoms with Crippen molar-refractivity contribution in [3.8, 4) is 5.75 Å². The van der Waals surface area contributed by atoms with E-state index in [-0.39, 0.29) is 13.0 Å². The van der Waals surface area contributed by atoms with Crippen LogP contribution in [0.2, 0.25) is 0 Å². The Labute approximate surface area is 93.4 Å². The summed E-state index contributed by atoms with van der Waals surface area (Å²) in [5, 5.41) is 18.9. The Balaban J connectivity index is 1.96. The third kappa shape index (κ3) is 2.63. The van der Waals surface area contributed by atoms with Crippen molar-refractivity contribution >= 4 is 5.69 Å². The van der Waals surface area contributed by atoms with Crippen LogP contribution in [-0.4, -0.2) is 35.3 Å². The number of anilines is 1. The molecule has 5 heteroatoms. The zero-order valence-corrected chi connectivity index (χ0v) is 8.74. The molecule has 5 nitrogen and oxygen atoms in total. The van der Waals surface area contributed by atoms with Gasteiger partial charge in [0.15, 0.2) is 0 Å². The maximum Gasteiger partial charge on any atom is 0.226 e. The molecule has 88 valence electrons. The smallest absolute Gasteiger partial charge is 0.226 e. The van der Waals surface area contributed by atoms with Crippen molar-refractivity contribution in [3.05, 3.63) is 24.3 Å². The lowest BCUT2D eigenvalue weighted by Crippen LogP contribution is -2.44. The highest BCUT2D eigenvalue weighted by molar-refractivity contribution is 5.41. The molecule has 1 aromatic carbocycles. The normalized spacial score (nSPS) is 30.0. The maximum absolute atomic E-state index is 9.62. The maximum atomic E-state index is 9.62. The van der Waals surface area contributed by atoms with Crippen molar-refractivity contribution in [2.45, 2.75) is 24.9 Å². The van der Waals surface area contributed by atoms with Crippen LogP contribution in [0.3, 0.4) is 0 Å². The molecule has 4 N–H and O–H groups in total. The molecule has 0 amide bonds. The molecule has 0 aliphatic carbocycles. The summed E-state index contributed by atoms with van der Waals surface area (Å²) >= 11 is 0. The number of aliphatic hydroxyl groups excluding tert-OH is 2. The van der Waals surface area contributed by atoms with Crippen LogP contribution in [0.15, 0.2) is 24.3 Å². The number of nitrogen functional groups attached to an aromatic ring is 1. The van der Waals surface area contributed by atoms with E-state index < -0.39 is 18.5 Å². The van der Waals surface area contributed by atoms with Gasteiger partial charge in [0.2, 0.25) is 6.29 Å². The first-order valence-electron chi connectivity index (χ1n) is 5.15. The van der Waals surface area contributed by atoms with Gasteiger partial charge in [-0.1, -0.05) is 0 Å². The van der Waals surface area contributed by atoms with E-state index in [0.717, 1.165) is 0 Å². The summed E-state index contributed by atoms with van der Waals surface area (Å²) < 4.78 is 10.6. The minimum atomic E-state index is -0.818. The standard InChI is InChI=1S/C11H15NO4/c12-7-1-3-9(4-2-7)16-11-10(14)5-8(13)6-15-11/h1-4,8,10-11,13-14H,5-6,12H2/t8-,10-,11+/m1/s1. The topological polar surface area (TPSA) is 84.9 Å². The first-order valence-corrected chi connectivity index (χ1v) is 5.15. The van der Waals surface area contributed by atoms with Gasteiger partial charge in [0.25, 0.3) is 0 Å². The lowest BCUT2D eigenvalue weighted by Gasteiger charge is -2.30. The van der Waals surface area contributed by atoms with Crippen LogP contribution in [0.4, 0.5) is 5.69 Å². The molecule has 16 heavy (non-hydrogen) atoms. The Kier molecular flexibility index (Phi) is 3.28. The number of nitrogens with two attached hydrogens (primary N) is 1. The first-order chi connectivity index (χ1) is 7.65. The SMILES string of the molecule is Nc1ccc(O[C@@H]2OC[C@H](O)C[C@H]2O)cc1. The lowest BCUT2D eigenvalue weighted by molar-refractivity contribution is -0.198. The van der Waals surface area contributed by atoms with E-state index in [2.05, 4.69) is 0 Å². The summed E-state index contributed by atoms with van der Waals surface area (Å²) in [4.78, 5) is 0. The quantitative estimate of drug-likeness (QED) is 0.622. The molecular formula is C11H15NO4. The molecule has 1 aromatic rings. The van der Waals surface area contributed by atoms with E-state index in [4.69, 9.17) is 15.2 Å². The van der Waals surface area contributed by atoms with Crippen molar-refractivity contribution in [1.29, 1.82) is 0 Å². The molecule has 0 bridgehead atoms. The molecule has 0 saturated carbocycles. The van der Waals surface area contributed by atoms with Crippen molar-refractivity contribution in [1.82, 2.24) is 0 Å². The van der Waals surface area contributed by atoms with Crippen LogP contribution >= 0.6 is 0 Å². The van der Waals surface area contributed by atoms with Gasteiger partial charge in [-0.15, -0.1) is 0 Å². The summed E-state index contributed by atoms with van der Waals surface area (Å²) in [7, 11) is 0. The molecule has 0 unspecified atom stereocenters. The molecule has 1 aliphatic rings. The van der Waals surface area contributed by atoms with E-state index in [1.54, 1.807) is 24.3 Å². The molecule has 0 spiro atoms. The fourth-order valence-electron chi connectivity index (χ4n) is 1.57. The number of rotatable bonds is 2. The summed E-state index contributed by atoms with van der Waals surface area (Å²) in [5.41, 5.74) is 6.18. The molecule has 0 aromatic heterocycles. The number of ether oxygens (including phenoxy) is 2. The van der Waals surface area contributed by atoms with Gasteiger partial charge in [-0.05, 0) is 24.3 Å². The number of aliphatic hydroxyl groups is 2. The van der Waals surface area contributed by atoms with Crippen LogP contribution in [-0.2, 0) is 4.74 Å². The van der Waals surface area contributed by atoms with E-state index in [9.17, 15) is 10.2 Å². The Bertz CT molecular complexity index is 340. The number of benzene rings is 1. The van der Waals surface area contributed by atoms with Crippen LogP contribution in [0.5, 0.6) is 5.75 Å². The second kappa shape index (κ2) is 4.69. The minimum Gasteiger partial charge on any atom is -0.462 e. The van der Waals surface area contributed by atoms with Gasteiger partial charge in [0, 0.05) is 12.1 Å². The second-order valence-corrected chi connectivity index (χ2v) is 3.85. The van der Waals surface area contributed by atoms with Gasteiger partial charge in [-0.3, -0.25) is 0 Å². The molecule has 3 atom stereocenters. The molecule has 1 saturated heterocycles. The molecule has 0 radical (unpaired) electrons. The van der Waals surface area contributed by atoms with Gasteiger partial charge in [0.1, 0.15) is 11.9 Å². The van der Waals surface area contributed by atoms with Crippen molar-refractivity contribution in [2.75, 3.05) is 12.3 Å². The molecule has 1 fully saturated rings. The van der Waals surface area contributed by atoms with Crippen molar-refractivity contribution in [3.63, 3.8) is 0 Å². The number of hydrogen-bond donors (Lipinski definition) is 3. The Hall–Kier alpha value is -1.30. The fourth-order valence-corrected chi connectivity index (χ4v) is 1.57. The van der Waals surface area contributed by atoms with E-state index in [0.29, 0.717) is 11.4 Å². The van der Waals surface area contributed by atoms with Crippen LogP contribution in [0.25, 0.3) is 0 Å². The van der Waals surface area contributed by atoms with Gasteiger partial charge in [0.05, 0.1) is 12.7 Å². The summed E-state index contributed by atoms with van der Waals surface area (Å²) in [5.74, 6) is 0.578. The van der Waals surface area contributed by atoms with Crippen molar-refractivity contribution < 1.29 is 19.7 Å². The Morgan fingerprint density at radius 2 is 1.94 bits per heavy atom.